The molecule has 144 valence electrons. The van der Waals surface area contributed by atoms with Crippen molar-refractivity contribution in [2.75, 3.05) is 4.90 Å². The van der Waals surface area contributed by atoms with Crippen LogP contribution in [0.1, 0.15) is 17.2 Å². The quantitative estimate of drug-likeness (QED) is 0.303. The van der Waals surface area contributed by atoms with Crippen molar-refractivity contribution in [1.82, 2.24) is 0 Å². The third-order valence-electron chi connectivity index (χ3n) is 4.78. The fourth-order valence-electron chi connectivity index (χ4n) is 3.41. The van der Waals surface area contributed by atoms with Crippen LogP contribution in [0.25, 0.3) is 5.76 Å². The Labute approximate surface area is 181 Å². The molecule has 3 aromatic carbocycles. The van der Waals surface area contributed by atoms with Gasteiger partial charge in [0.25, 0.3) is 11.7 Å². The highest BCUT2D eigenvalue weighted by molar-refractivity contribution is 9.10. The number of hydrogen-bond donors (Lipinski definition) is 1. The fraction of sp³-hybridized carbons (Fsp3) is 0.0435. The summed E-state index contributed by atoms with van der Waals surface area (Å²) in [5, 5.41) is 11.5. The molecule has 1 fully saturated rings. The first-order valence-electron chi connectivity index (χ1n) is 8.85. The number of aliphatic hydroxyl groups excluding tert-OH is 1. The minimum absolute atomic E-state index is 0.0541. The maximum atomic E-state index is 13.0. The highest BCUT2D eigenvalue weighted by Gasteiger charge is 2.46. The average Bonchev–Trinajstić information content (AvgIpc) is 3.00. The van der Waals surface area contributed by atoms with E-state index < -0.39 is 17.7 Å². The van der Waals surface area contributed by atoms with Crippen molar-refractivity contribution in [3.05, 3.63) is 105 Å². The maximum Gasteiger partial charge on any atom is 0.300 e. The Morgan fingerprint density at radius 3 is 2.14 bits per heavy atom. The van der Waals surface area contributed by atoms with Crippen LogP contribution in [0, 0.1) is 0 Å². The van der Waals surface area contributed by atoms with Gasteiger partial charge in [-0.25, -0.2) is 0 Å². The number of amides is 1. The molecule has 29 heavy (non-hydrogen) atoms. The Balaban J connectivity index is 1.94. The van der Waals surface area contributed by atoms with Crippen LogP contribution in [0.4, 0.5) is 5.69 Å². The predicted molar refractivity (Wildman–Crippen MR) is 117 cm³/mol. The first-order chi connectivity index (χ1) is 14.0. The number of carbonyl (C=O) groups excluding carboxylic acids is 2. The molecule has 0 radical (unpaired) electrons. The molecule has 1 aliphatic heterocycles. The summed E-state index contributed by atoms with van der Waals surface area (Å²) in [4.78, 5) is 27.4. The van der Waals surface area contributed by atoms with E-state index in [-0.39, 0.29) is 11.3 Å². The molecule has 0 spiro atoms. The zero-order valence-electron chi connectivity index (χ0n) is 15.0. The second-order valence-corrected chi connectivity index (χ2v) is 7.92. The monoisotopic (exact) mass is 467 g/mol. The van der Waals surface area contributed by atoms with E-state index in [1.165, 1.54) is 4.90 Å². The molecule has 1 saturated heterocycles. The number of carbonyl (C=O) groups is 2. The van der Waals surface area contributed by atoms with Gasteiger partial charge in [-0.15, -0.1) is 0 Å². The molecule has 0 aliphatic carbocycles. The van der Waals surface area contributed by atoms with Gasteiger partial charge in [-0.1, -0.05) is 70.0 Å². The van der Waals surface area contributed by atoms with Crippen LogP contribution in [0.15, 0.2) is 88.9 Å². The van der Waals surface area contributed by atoms with Crippen LogP contribution < -0.4 is 4.90 Å². The first-order valence-corrected chi connectivity index (χ1v) is 10.0. The number of halogens is 2. The number of aliphatic hydroxyl groups is 1. The molecule has 4 nitrogen and oxygen atoms in total. The molecule has 6 heteroatoms. The minimum Gasteiger partial charge on any atom is -0.507 e. The van der Waals surface area contributed by atoms with Crippen LogP contribution >= 0.6 is 27.5 Å². The summed E-state index contributed by atoms with van der Waals surface area (Å²) in [7, 11) is 0. The van der Waals surface area contributed by atoms with E-state index >= 15 is 0 Å². The predicted octanol–water partition coefficient (Wildman–Crippen LogP) is 5.73. The van der Waals surface area contributed by atoms with E-state index in [4.69, 9.17) is 11.6 Å². The van der Waals surface area contributed by atoms with E-state index in [9.17, 15) is 14.7 Å². The highest BCUT2D eigenvalue weighted by atomic mass is 79.9. The number of Topliss-reactive ketones (excluding diaryl/α,β-unsaturated/α-hetero) is 1. The molecule has 0 bridgehead atoms. The lowest BCUT2D eigenvalue weighted by atomic mass is 9.95. The molecule has 1 heterocycles. The lowest BCUT2D eigenvalue weighted by Crippen LogP contribution is -2.29. The van der Waals surface area contributed by atoms with E-state index in [0.29, 0.717) is 21.8 Å². The molecule has 1 amide bonds. The molecule has 0 aromatic heterocycles. The largest absolute Gasteiger partial charge is 0.507 e. The first kappa shape index (κ1) is 19.4. The lowest BCUT2D eigenvalue weighted by molar-refractivity contribution is -0.132. The van der Waals surface area contributed by atoms with E-state index in [2.05, 4.69) is 15.9 Å². The second-order valence-electron chi connectivity index (χ2n) is 6.56. The van der Waals surface area contributed by atoms with Gasteiger partial charge < -0.3 is 5.11 Å². The zero-order chi connectivity index (χ0) is 20.5. The Morgan fingerprint density at radius 1 is 0.897 bits per heavy atom. The van der Waals surface area contributed by atoms with Crippen molar-refractivity contribution >= 4 is 50.7 Å². The molecule has 0 saturated carbocycles. The summed E-state index contributed by atoms with van der Waals surface area (Å²) in [6.45, 7) is 0. The van der Waals surface area contributed by atoms with Gasteiger partial charge in [-0.3, -0.25) is 14.5 Å². The minimum atomic E-state index is -0.760. The number of rotatable bonds is 3. The summed E-state index contributed by atoms with van der Waals surface area (Å²) in [6.07, 6.45) is 0. The topological polar surface area (TPSA) is 57.6 Å². The lowest BCUT2D eigenvalue weighted by Gasteiger charge is -2.25. The van der Waals surface area contributed by atoms with Gasteiger partial charge in [0, 0.05) is 20.7 Å². The van der Waals surface area contributed by atoms with Gasteiger partial charge in [0.1, 0.15) is 5.76 Å². The maximum absolute atomic E-state index is 13.0. The van der Waals surface area contributed by atoms with Crippen LogP contribution in [0.3, 0.4) is 0 Å². The Bertz CT molecular complexity index is 1110. The molecule has 0 unspecified atom stereocenters. The number of hydrogen-bond acceptors (Lipinski definition) is 3. The standard InChI is InChI=1S/C23H15BrClNO3/c24-16-8-6-14(7-9-16)20-19(21(27)15-4-2-1-3-5-15)22(28)23(29)26(20)18-12-10-17(25)11-13-18/h1-13,20,27H/t20-/m0/s1. The van der Waals surface area contributed by atoms with Gasteiger partial charge in [0.15, 0.2) is 0 Å². The Morgan fingerprint density at radius 2 is 1.52 bits per heavy atom. The normalized spacial score (nSPS) is 18.3. The SMILES string of the molecule is O=C1C(=O)N(c2ccc(Cl)cc2)[C@@H](c2ccc(Br)cc2)C1=C(O)c1ccccc1. The van der Waals surface area contributed by atoms with Crippen LogP contribution in [-0.4, -0.2) is 16.8 Å². The summed E-state index contributed by atoms with van der Waals surface area (Å²) in [6, 6.07) is 22.0. The van der Waals surface area contributed by atoms with Crippen molar-refractivity contribution in [1.29, 1.82) is 0 Å². The molecular formula is C23H15BrClNO3. The Hall–Kier alpha value is -2.89. The molecule has 4 rings (SSSR count). The number of anilines is 1. The average molecular weight is 469 g/mol. The van der Waals surface area contributed by atoms with Gasteiger partial charge in [0.05, 0.1) is 11.6 Å². The molecule has 3 aromatic rings. The van der Waals surface area contributed by atoms with Gasteiger partial charge in [-0.2, -0.15) is 0 Å². The smallest absolute Gasteiger partial charge is 0.300 e. The summed E-state index contributed by atoms with van der Waals surface area (Å²) < 4.78 is 0.868. The zero-order valence-corrected chi connectivity index (χ0v) is 17.4. The molecule has 1 atom stereocenters. The van der Waals surface area contributed by atoms with Crippen LogP contribution in [-0.2, 0) is 9.59 Å². The van der Waals surface area contributed by atoms with E-state index in [1.54, 1.807) is 48.5 Å². The van der Waals surface area contributed by atoms with Crippen molar-refractivity contribution in [3.63, 3.8) is 0 Å². The van der Waals surface area contributed by atoms with Gasteiger partial charge >= 0.3 is 0 Å². The molecule has 1 N–H and O–H groups in total. The number of ketones is 1. The summed E-state index contributed by atoms with van der Waals surface area (Å²) in [5.41, 5.74) is 1.76. The third kappa shape index (κ3) is 3.59. The van der Waals surface area contributed by atoms with Crippen molar-refractivity contribution < 1.29 is 14.7 Å². The third-order valence-corrected chi connectivity index (χ3v) is 5.56. The van der Waals surface area contributed by atoms with Crippen molar-refractivity contribution in [2.24, 2.45) is 0 Å². The second kappa shape index (κ2) is 7.85. The van der Waals surface area contributed by atoms with Crippen LogP contribution in [0.5, 0.6) is 0 Å². The Kier molecular flexibility index (Phi) is 5.26. The highest BCUT2D eigenvalue weighted by Crippen LogP contribution is 2.42. The molecular weight excluding hydrogens is 454 g/mol. The van der Waals surface area contributed by atoms with Crippen molar-refractivity contribution in [3.8, 4) is 0 Å². The van der Waals surface area contributed by atoms with Gasteiger partial charge in [-0.05, 0) is 42.0 Å². The van der Waals surface area contributed by atoms with Gasteiger partial charge in [0.2, 0.25) is 0 Å². The van der Waals surface area contributed by atoms with E-state index in [1.807, 2.05) is 30.3 Å². The summed E-state index contributed by atoms with van der Waals surface area (Å²) in [5.74, 6) is -1.62. The summed E-state index contributed by atoms with van der Waals surface area (Å²) >= 11 is 9.39. The number of nitrogens with zero attached hydrogens (tertiary/aromatic N) is 1. The van der Waals surface area contributed by atoms with Crippen LogP contribution in [0.2, 0.25) is 5.02 Å². The fourth-order valence-corrected chi connectivity index (χ4v) is 3.80. The number of benzene rings is 3. The van der Waals surface area contributed by atoms with Crippen molar-refractivity contribution in [2.45, 2.75) is 6.04 Å². The molecule has 1 aliphatic rings. The van der Waals surface area contributed by atoms with E-state index in [0.717, 1.165) is 4.47 Å².